The van der Waals surface area contributed by atoms with Crippen LogP contribution in [0.2, 0.25) is 0 Å². The van der Waals surface area contributed by atoms with Gasteiger partial charge in [-0.2, -0.15) is 0 Å². The smallest absolute Gasteiger partial charge is 0.157 e. The maximum atomic E-state index is 5.53. The Labute approximate surface area is 92.0 Å². The van der Waals surface area contributed by atoms with Crippen molar-refractivity contribution in [2.45, 2.75) is 45.3 Å². The maximum Gasteiger partial charge on any atom is 0.157 e. The van der Waals surface area contributed by atoms with Crippen LogP contribution in [-0.2, 0) is 9.47 Å². The third-order valence-corrected chi connectivity index (χ3v) is 3.10. The Morgan fingerprint density at radius 2 is 2.20 bits per heavy atom. The molecule has 0 aromatic carbocycles. The van der Waals surface area contributed by atoms with Gasteiger partial charge in [0.2, 0.25) is 0 Å². The summed E-state index contributed by atoms with van der Waals surface area (Å²) in [5.74, 6) is 0. The van der Waals surface area contributed by atoms with E-state index in [2.05, 4.69) is 19.1 Å². The minimum absolute atomic E-state index is 0.0414. The fourth-order valence-corrected chi connectivity index (χ4v) is 2.10. The standard InChI is InChI=1S/C13H20O2/c1-11(12-5-2-3-6-12)7-8-13-14-9-4-10-15-13/h2,5,13H,3-4,6-10H2,1H3/b12-11-. The molecular formula is C13H20O2. The summed E-state index contributed by atoms with van der Waals surface area (Å²) in [7, 11) is 0. The van der Waals surface area contributed by atoms with E-state index in [1.807, 2.05) is 0 Å². The van der Waals surface area contributed by atoms with E-state index in [4.69, 9.17) is 9.47 Å². The van der Waals surface area contributed by atoms with Gasteiger partial charge in [-0.15, -0.1) is 0 Å². The lowest BCUT2D eigenvalue weighted by Crippen LogP contribution is -2.24. The van der Waals surface area contributed by atoms with Gasteiger partial charge in [-0.25, -0.2) is 0 Å². The number of hydrogen-bond acceptors (Lipinski definition) is 2. The monoisotopic (exact) mass is 208 g/mol. The summed E-state index contributed by atoms with van der Waals surface area (Å²) in [6.45, 7) is 3.95. The Morgan fingerprint density at radius 1 is 1.40 bits per heavy atom. The van der Waals surface area contributed by atoms with Crippen LogP contribution < -0.4 is 0 Å². The average molecular weight is 208 g/mol. The highest BCUT2D eigenvalue weighted by molar-refractivity contribution is 5.29. The molecule has 0 bridgehead atoms. The molecule has 1 fully saturated rings. The fraction of sp³-hybridized carbons (Fsp3) is 0.692. The summed E-state index contributed by atoms with van der Waals surface area (Å²) in [5, 5.41) is 0. The lowest BCUT2D eigenvalue weighted by atomic mass is 10.0. The zero-order valence-corrected chi connectivity index (χ0v) is 9.50. The van der Waals surface area contributed by atoms with Crippen LogP contribution in [0, 0.1) is 0 Å². The molecule has 0 aromatic rings. The van der Waals surface area contributed by atoms with Crippen LogP contribution >= 0.6 is 0 Å². The molecule has 1 saturated heterocycles. The summed E-state index contributed by atoms with van der Waals surface area (Å²) in [6.07, 6.45) is 10.1. The Kier molecular flexibility index (Phi) is 3.98. The Morgan fingerprint density at radius 3 is 2.87 bits per heavy atom. The van der Waals surface area contributed by atoms with E-state index >= 15 is 0 Å². The van der Waals surface area contributed by atoms with Crippen LogP contribution in [-0.4, -0.2) is 19.5 Å². The second-order valence-corrected chi connectivity index (χ2v) is 4.31. The molecule has 2 rings (SSSR count). The quantitative estimate of drug-likeness (QED) is 0.709. The van der Waals surface area contributed by atoms with Crippen molar-refractivity contribution in [3.63, 3.8) is 0 Å². The van der Waals surface area contributed by atoms with Crippen molar-refractivity contribution >= 4 is 0 Å². The Bertz CT molecular complexity index is 260. The predicted molar refractivity (Wildman–Crippen MR) is 60.6 cm³/mol. The molecule has 0 radical (unpaired) electrons. The highest BCUT2D eigenvalue weighted by Crippen LogP contribution is 2.23. The molecule has 0 amide bonds. The molecule has 2 aliphatic rings. The molecule has 0 spiro atoms. The maximum absolute atomic E-state index is 5.53. The summed E-state index contributed by atoms with van der Waals surface area (Å²) < 4.78 is 11.1. The zero-order chi connectivity index (χ0) is 10.5. The average Bonchev–Trinajstić information content (AvgIpc) is 2.81. The van der Waals surface area contributed by atoms with Gasteiger partial charge in [0.1, 0.15) is 0 Å². The molecule has 84 valence electrons. The van der Waals surface area contributed by atoms with Gasteiger partial charge in [0.15, 0.2) is 6.29 Å². The first kappa shape index (κ1) is 10.9. The lowest BCUT2D eigenvalue weighted by Gasteiger charge is -2.23. The van der Waals surface area contributed by atoms with Gasteiger partial charge in [-0.3, -0.25) is 0 Å². The summed E-state index contributed by atoms with van der Waals surface area (Å²) >= 11 is 0. The summed E-state index contributed by atoms with van der Waals surface area (Å²) in [4.78, 5) is 0. The van der Waals surface area contributed by atoms with Crippen molar-refractivity contribution in [3.05, 3.63) is 23.3 Å². The first-order chi connectivity index (χ1) is 7.36. The second kappa shape index (κ2) is 5.47. The van der Waals surface area contributed by atoms with Crippen LogP contribution in [0.3, 0.4) is 0 Å². The molecule has 0 unspecified atom stereocenters. The molecule has 2 heteroatoms. The van der Waals surface area contributed by atoms with Gasteiger partial charge >= 0.3 is 0 Å². The second-order valence-electron chi connectivity index (χ2n) is 4.31. The molecule has 15 heavy (non-hydrogen) atoms. The first-order valence-electron chi connectivity index (χ1n) is 5.94. The molecule has 0 N–H and O–H groups in total. The fourth-order valence-electron chi connectivity index (χ4n) is 2.10. The molecule has 0 atom stereocenters. The number of allylic oxidation sites excluding steroid dienone is 4. The van der Waals surface area contributed by atoms with Crippen molar-refractivity contribution in [1.82, 2.24) is 0 Å². The van der Waals surface area contributed by atoms with Crippen LogP contribution in [0.5, 0.6) is 0 Å². The highest BCUT2D eigenvalue weighted by atomic mass is 16.7. The zero-order valence-electron chi connectivity index (χ0n) is 9.50. The van der Waals surface area contributed by atoms with E-state index < -0.39 is 0 Å². The van der Waals surface area contributed by atoms with Crippen molar-refractivity contribution in [3.8, 4) is 0 Å². The van der Waals surface area contributed by atoms with Gasteiger partial charge in [0.25, 0.3) is 0 Å². The predicted octanol–water partition coefficient (Wildman–Crippen LogP) is 3.20. The molecule has 1 aliphatic heterocycles. The normalized spacial score (nSPS) is 25.9. The van der Waals surface area contributed by atoms with Crippen LogP contribution in [0.15, 0.2) is 23.3 Å². The van der Waals surface area contributed by atoms with Crippen molar-refractivity contribution in [2.24, 2.45) is 0 Å². The minimum Gasteiger partial charge on any atom is -0.353 e. The molecule has 0 saturated carbocycles. The van der Waals surface area contributed by atoms with Crippen LogP contribution in [0.4, 0.5) is 0 Å². The first-order valence-corrected chi connectivity index (χ1v) is 5.94. The largest absolute Gasteiger partial charge is 0.353 e. The van der Waals surface area contributed by atoms with Gasteiger partial charge < -0.3 is 9.47 Å². The lowest BCUT2D eigenvalue weighted by molar-refractivity contribution is -0.180. The van der Waals surface area contributed by atoms with E-state index in [9.17, 15) is 0 Å². The molecule has 0 aromatic heterocycles. The van der Waals surface area contributed by atoms with Gasteiger partial charge in [-0.1, -0.05) is 17.7 Å². The molecule has 1 aliphatic carbocycles. The van der Waals surface area contributed by atoms with E-state index in [1.165, 1.54) is 24.0 Å². The third kappa shape index (κ3) is 3.18. The van der Waals surface area contributed by atoms with Gasteiger partial charge in [-0.05, 0) is 38.2 Å². The van der Waals surface area contributed by atoms with Crippen molar-refractivity contribution in [2.75, 3.05) is 13.2 Å². The number of rotatable bonds is 3. The minimum atomic E-state index is 0.0414. The SMILES string of the molecule is C/C(CCC1OCCCO1)=C1\C=CCC1. The molecule has 2 nitrogen and oxygen atoms in total. The van der Waals surface area contributed by atoms with E-state index in [0.717, 1.165) is 32.5 Å². The van der Waals surface area contributed by atoms with E-state index in [1.54, 1.807) is 0 Å². The molecular weight excluding hydrogens is 188 g/mol. The van der Waals surface area contributed by atoms with E-state index in [0.29, 0.717) is 0 Å². The third-order valence-electron chi connectivity index (χ3n) is 3.10. The topological polar surface area (TPSA) is 18.5 Å². The Hall–Kier alpha value is -0.600. The highest BCUT2D eigenvalue weighted by Gasteiger charge is 2.14. The number of hydrogen-bond donors (Lipinski definition) is 0. The summed E-state index contributed by atoms with van der Waals surface area (Å²) in [6, 6.07) is 0. The van der Waals surface area contributed by atoms with Crippen LogP contribution in [0.25, 0.3) is 0 Å². The number of ether oxygens (including phenoxy) is 2. The van der Waals surface area contributed by atoms with Gasteiger partial charge in [0.05, 0.1) is 13.2 Å². The van der Waals surface area contributed by atoms with E-state index in [-0.39, 0.29) is 6.29 Å². The van der Waals surface area contributed by atoms with Crippen LogP contribution in [0.1, 0.15) is 39.0 Å². The van der Waals surface area contributed by atoms with Gasteiger partial charge in [0, 0.05) is 6.42 Å². The molecule has 1 heterocycles. The summed E-state index contributed by atoms with van der Waals surface area (Å²) in [5.41, 5.74) is 3.02. The van der Waals surface area contributed by atoms with Crippen molar-refractivity contribution < 1.29 is 9.47 Å². The van der Waals surface area contributed by atoms with Crippen molar-refractivity contribution in [1.29, 1.82) is 0 Å². The Balaban J connectivity index is 1.76.